The second-order valence-corrected chi connectivity index (χ2v) is 5.88. The van der Waals surface area contributed by atoms with Crippen LogP contribution in [0, 0.1) is 0 Å². The average molecular weight is 313 g/mol. The Morgan fingerprint density at radius 3 is 2.76 bits per heavy atom. The molecule has 1 aliphatic heterocycles. The van der Waals surface area contributed by atoms with Crippen molar-refractivity contribution in [2.24, 2.45) is 0 Å². The number of hydrogen-bond donors (Lipinski definition) is 3. The predicted octanol–water partition coefficient (Wildman–Crippen LogP) is 2.42. The van der Waals surface area contributed by atoms with Crippen LogP contribution < -0.4 is 5.32 Å². The first-order valence-corrected chi connectivity index (χ1v) is 6.97. The number of rotatable bonds is 2. The summed E-state index contributed by atoms with van der Waals surface area (Å²) in [7, 11) is 0. The van der Waals surface area contributed by atoms with Crippen molar-refractivity contribution in [3.63, 3.8) is 0 Å². The number of nitrogens with one attached hydrogen (secondary N) is 1. The largest absolute Gasteiger partial charge is 0.478 e. The number of β-amino-alcohol motifs (C(OH)–C–C–N with tert-alkyl or cyclic N) is 1. The second-order valence-electron chi connectivity index (χ2n) is 5.45. The van der Waals surface area contributed by atoms with Crippen molar-refractivity contribution in [2.75, 3.05) is 18.4 Å². The normalized spacial score (nSPS) is 22.0. The van der Waals surface area contributed by atoms with Crippen molar-refractivity contribution in [3.05, 3.63) is 28.8 Å². The van der Waals surface area contributed by atoms with Crippen LogP contribution in [-0.2, 0) is 0 Å². The number of piperidine rings is 1. The maximum Gasteiger partial charge on any atom is 0.337 e. The summed E-state index contributed by atoms with van der Waals surface area (Å²) in [5, 5.41) is 22.0. The SMILES string of the molecule is CC1(O)CCCN(C(=O)Nc2ccc(Cl)cc2C(=O)O)C1. The molecule has 1 fully saturated rings. The molecule has 0 bridgehead atoms. The third kappa shape index (κ3) is 3.86. The highest BCUT2D eigenvalue weighted by Crippen LogP contribution is 2.24. The summed E-state index contributed by atoms with van der Waals surface area (Å²) < 4.78 is 0. The van der Waals surface area contributed by atoms with Gasteiger partial charge in [0.1, 0.15) is 0 Å². The highest BCUT2D eigenvalue weighted by molar-refractivity contribution is 6.31. The van der Waals surface area contributed by atoms with Crippen LogP contribution in [0.5, 0.6) is 0 Å². The lowest BCUT2D eigenvalue weighted by atomic mass is 9.95. The van der Waals surface area contributed by atoms with Crippen molar-refractivity contribution >= 4 is 29.3 Å². The minimum atomic E-state index is -1.17. The van der Waals surface area contributed by atoms with E-state index >= 15 is 0 Å². The van der Waals surface area contributed by atoms with E-state index in [1.54, 1.807) is 6.92 Å². The van der Waals surface area contributed by atoms with Crippen molar-refractivity contribution in [1.29, 1.82) is 0 Å². The number of carboxylic acid groups (broad SMARTS) is 1. The Morgan fingerprint density at radius 2 is 2.14 bits per heavy atom. The molecular weight excluding hydrogens is 296 g/mol. The zero-order valence-corrected chi connectivity index (χ0v) is 12.4. The molecule has 7 heteroatoms. The van der Waals surface area contributed by atoms with Gasteiger partial charge >= 0.3 is 12.0 Å². The molecule has 0 aromatic heterocycles. The number of hydrogen-bond acceptors (Lipinski definition) is 3. The summed E-state index contributed by atoms with van der Waals surface area (Å²) in [4.78, 5) is 24.8. The number of carbonyl (C=O) groups excluding carboxylic acids is 1. The molecule has 1 aromatic rings. The Labute approximate surface area is 127 Å². The summed E-state index contributed by atoms with van der Waals surface area (Å²) in [6.07, 6.45) is 1.34. The molecule has 1 atom stereocenters. The van der Waals surface area contributed by atoms with E-state index in [0.717, 1.165) is 0 Å². The number of benzene rings is 1. The van der Waals surface area contributed by atoms with Gasteiger partial charge in [0.05, 0.1) is 23.4 Å². The first-order valence-electron chi connectivity index (χ1n) is 6.60. The average Bonchev–Trinajstić information content (AvgIpc) is 2.39. The fraction of sp³-hybridized carbons (Fsp3) is 0.429. The molecule has 2 amide bonds. The van der Waals surface area contributed by atoms with E-state index in [1.807, 2.05) is 0 Å². The van der Waals surface area contributed by atoms with E-state index in [4.69, 9.17) is 16.7 Å². The van der Waals surface area contributed by atoms with Crippen LogP contribution in [0.25, 0.3) is 0 Å². The number of halogens is 1. The van der Waals surface area contributed by atoms with Crippen molar-refractivity contribution < 1.29 is 19.8 Å². The molecule has 0 spiro atoms. The maximum absolute atomic E-state index is 12.2. The number of nitrogens with zero attached hydrogens (tertiary/aromatic N) is 1. The van der Waals surface area contributed by atoms with Gasteiger partial charge in [-0.05, 0) is 38.0 Å². The number of likely N-dealkylation sites (tertiary alicyclic amines) is 1. The first-order chi connectivity index (χ1) is 9.78. The summed E-state index contributed by atoms with van der Waals surface area (Å²) in [5.74, 6) is -1.17. The molecule has 6 nitrogen and oxygen atoms in total. The van der Waals surface area contributed by atoms with E-state index in [-0.39, 0.29) is 22.8 Å². The van der Waals surface area contributed by atoms with E-state index in [2.05, 4.69) is 5.32 Å². The summed E-state index contributed by atoms with van der Waals surface area (Å²) in [5.41, 5.74) is -0.799. The summed E-state index contributed by atoms with van der Waals surface area (Å²) in [6, 6.07) is 3.81. The molecule has 21 heavy (non-hydrogen) atoms. The van der Waals surface area contributed by atoms with Crippen LogP contribution in [0.15, 0.2) is 18.2 Å². The number of anilines is 1. The minimum absolute atomic E-state index is 0.0698. The quantitative estimate of drug-likeness (QED) is 0.782. The Kier molecular flexibility index (Phi) is 4.39. The maximum atomic E-state index is 12.2. The number of aliphatic hydroxyl groups is 1. The number of carboxylic acids is 1. The van der Waals surface area contributed by atoms with Gasteiger partial charge in [-0.3, -0.25) is 0 Å². The lowest BCUT2D eigenvalue weighted by Crippen LogP contribution is -2.50. The van der Waals surface area contributed by atoms with E-state index < -0.39 is 17.6 Å². The molecule has 1 unspecified atom stereocenters. The van der Waals surface area contributed by atoms with Crippen LogP contribution in [0.2, 0.25) is 5.02 Å². The number of urea groups is 1. The Bertz CT molecular complexity index is 574. The van der Waals surface area contributed by atoms with Crippen molar-refractivity contribution in [2.45, 2.75) is 25.4 Å². The monoisotopic (exact) mass is 312 g/mol. The topological polar surface area (TPSA) is 89.9 Å². The molecule has 1 heterocycles. The third-order valence-corrected chi connectivity index (χ3v) is 3.65. The Balaban J connectivity index is 2.14. The summed E-state index contributed by atoms with van der Waals surface area (Å²) in [6.45, 7) is 2.42. The van der Waals surface area contributed by atoms with Gasteiger partial charge in [0.2, 0.25) is 0 Å². The second kappa shape index (κ2) is 5.91. The molecular formula is C14H17ClN2O4. The fourth-order valence-electron chi connectivity index (χ4n) is 2.39. The van der Waals surface area contributed by atoms with Crippen LogP contribution in [0.4, 0.5) is 10.5 Å². The van der Waals surface area contributed by atoms with Crippen molar-refractivity contribution in [1.82, 2.24) is 4.90 Å². The van der Waals surface area contributed by atoms with Gasteiger partial charge in [-0.2, -0.15) is 0 Å². The Morgan fingerprint density at radius 1 is 1.43 bits per heavy atom. The van der Waals surface area contributed by atoms with Crippen LogP contribution in [-0.4, -0.2) is 45.8 Å². The molecule has 0 radical (unpaired) electrons. The predicted molar refractivity (Wildman–Crippen MR) is 78.9 cm³/mol. The molecule has 1 saturated heterocycles. The van der Waals surface area contributed by atoms with E-state index in [1.165, 1.54) is 23.1 Å². The highest BCUT2D eigenvalue weighted by atomic mass is 35.5. The fourth-order valence-corrected chi connectivity index (χ4v) is 2.56. The first kappa shape index (κ1) is 15.6. The van der Waals surface area contributed by atoms with Gasteiger partial charge in [0.15, 0.2) is 0 Å². The molecule has 1 aliphatic rings. The van der Waals surface area contributed by atoms with Gasteiger partial charge in [0, 0.05) is 11.6 Å². The van der Waals surface area contributed by atoms with Gasteiger partial charge < -0.3 is 20.4 Å². The Hall–Kier alpha value is -1.79. The zero-order chi connectivity index (χ0) is 15.6. The lowest BCUT2D eigenvalue weighted by Gasteiger charge is -2.36. The van der Waals surface area contributed by atoms with Crippen LogP contribution >= 0.6 is 11.6 Å². The minimum Gasteiger partial charge on any atom is -0.478 e. The van der Waals surface area contributed by atoms with Gasteiger partial charge in [0.25, 0.3) is 0 Å². The molecule has 114 valence electrons. The van der Waals surface area contributed by atoms with E-state index in [0.29, 0.717) is 19.4 Å². The highest BCUT2D eigenvalue weighted by Gasteiger charge is 2.31. The van der Waals surface area contributed by atoms with Gasteiger partial charge in [-0.1, -0.05) is 11.6 Å². The molecule has 0 saturated carbocycles. The molecule has 3 N–H and O–H groups in total. The van der Waals surface area contributed by atoms with Gasteiger partial charge in [-0.15, -0.1) is 0 Å². The summed E-state index contributed by atoms with van der Waals surface area (Å²) >= 11 is 5.76. The van der Waals surface area contributed by atoms with Crippen LogP contribution in [0.3, 0.4) is 0 Å². The molecule has 0 aliphatic carbocycles. The third-order valence-electron chi connectivity index (χ3n) is 3.42. The standard InChI is InChI=1S/C14H17ClN2O4/c1-14(21)5-2-6-17(8-14)13(20)16-11-4-3-9(15)7-10(11)12(18)19/h3-4,7,21H,2,5-6,8H2,1H3,(H,16,20)(H,18,19). The smallest absolute Gasteiger partial charge is 0.337 e. The zero-order valence-electron chi connectivity index (χ0n) is 11.6. The van der Waals surface area contributed by atoms with Crippen LogP contribution in [0.1, 0.15) is 30.1 Å². The number of aromatic carboxylic acids is 1. The van der Waals surface area contributed by atoms with Gasteiger partial charge in [-0.25, -0.2) is 9.59 Å². The molecule has 2 rings (SSSR count). The number of amides is 2. The van der Waals surface area contributed by atoms with Crippen molar-refractivity contribution in [3.8, 4) is 0 Å². The lowest BCUT2D eigenvalue weighted by molar-refractivity contribution is -0.000647. The number of carbonyl (C=O) groups is 2. The molecule has 1 aromatic carbocycles. The van der Waals surface area contributed by atoms with E-state index in [9.17, 15) is 14.7 Å².